The monoisotopic (exact) mass is 333 g/mol. The van der Waals surface area contributed by atoms with E-state index in [-0.39, 0.29) is 0 Å². The predicted octanol–water partition coefficient (Wildman–Crippen LogP) is 5.06. The molecule has 0 aliphatic heterocycles. The van der Waals surface area contributed by atoms with Gasteiger partial charge in [0.25, 0.3) is 0 Å². The Morgan fingerprint density at radius 1 is 0.800 bits per heavy atom. The van der Waals surface area contributed by atoms with Crippen LogP contribution in [0.5, 0.6) is 11.5 Å². The molecule has 0 spiro atoms. The molecule has 0 atom stereocenters. The van der Waals surface area contributed by atoms with Gasteiger partial charge in [-0.2, -0.15) is 0 Å². The number of nitrogens with one attached hydrogen (secondary N) is 1. The van der Waals surface area contributed by atoms with Crippen molar-refractivity contribution < 1.29 is 9.47 Å². The lowest BCUT2D eigenvalue weighted by molar-refractivity contribution is 0.306. The van der Waals surface area contributed by atoms with E-state index in [0.717, 1.165) is 22.7 Å². The molecule has 3 aromatic carbocycles. The molecular formula is C22H23NO2. The minimum Gasteiger partial charge on any atom is -0.492 e. The first-order valence-corrected chi connectivity index (χ1v) is 8.50. The average Bonchev–Trinajstić information content (AvgIpc) is 2.65. The Morgan fingerprint density at radius 3 is 2.44 bits per heavy atom. The number of ether oxygens (including phenoxy) is 2. The van der Waals surface area contributed by atoms with E-state index in [1.165, 1.54) is 5.56 Å². The number of rotatable bonds is 8. The first-order chi connectivity index (χ1) is 12.3. The summed E-state index contributed by atoms with van der Waals surface area (Å²) in [4.78, 5) is 0. The van der Waals surface area contributed by atoms with Gasteiger partial charge in [-0.15, -0.1) is 0 Å². The molecule has 3 heteroatoms. The van der Waals surface area contributed by atoms with Crippen molar-refractivity contribution in [2.24, 2.45) is 0 Å². The molecule has 3 rings (SSSR count). The highest BCUT2D eigenvalue weighted by Gasteiger charge is 2.03. The first-order valence-electron chi connectivity index (χ1n) is 8.50. The van der Waals surface area contributed by atoms with Crippen molar-refractivity contribution in [3.05, 3.63) is 90.0 Å². The molecule has 0 aliphatic rings. The van der Waals surface area contributed by atoms with Gasteiger partial charge in [0.05, 0.1) is 5.69 Å². The lowest BCUT2D eigenvalue weighted by Gasteiger charge is -2.14. The van der Waals surface area contributed by atoms with Crippen LogP contribution >= 0.6 is 0 Å². The maximum atomic E-state index is 5.95. The minimum atomic E-state index is 0.555. The normalized spacial score (nSPS) is 10.3. The van der Waals surface area contributed by atoms with Gasteiger partial charge >= 0.3 is 0 Å². The zero-order valence-electron chi connectivity index (χ0n) is 14.4. The Balaban J connectivity index is 1.50. The molecule has 1 N–H and O–H groups in total. The minimum absolute atomic E-state index is 0.555. The fourth-order valence-electron chi connectivity index (χ4n) is 2.53. The van der Waals surface area contributed by atoms with Gasteiger partial charge in [0.1, 0.15) is 24.7 Å². The lowest BCUT2D eigenvalue weighted by atomic mass is 10.2. The smallest absolute Gasteiger partial charge is 0.142 e. The van der Waals surface area contributed by atoms with Crippen LogP contribution in [0.3, 0.4) is 0 Å². The highest BCUT2D eigenvalue weighted by atomic mass is 16.5. The van der Waals surface area contributed by atoms with E-state index >= 15 is 0 Å². The Bertz CT molecular complexity index is 787. The van der Waals surface area contributed by atoms with Crippen molar-refractivity contribution in [3.8, 4) is 11.5 Å². The van der Waals surface area contributed by atoms with Crippen LogP contribution in [-0.2, 0) is 6.61 Å². The van der Waals surface area contributed by atoms with E-state index in [4.69, 9.17) is 9.47 Å². The molecule has 0 saturated heterocycles. The van der Waals surface area contributed by atoms with Crippen LogP contribution in [0.1, 0.15) is 11.1 Å². The summed E-state index contributed by atoms with van der Waals surface area (Å²) in [5.41, 5.74) is 3.33. The largest absolute Gasteiger partial charge is 0.492 e. The number of hydrogen-bond acceptors (Lipinski definition) is 3. The third-order valence-electron chi connectivity index (χ3n) is 3.80. The molecule has 0 amide bonds. The van der Waals surface area contributed by atoms with Gasteiger partial charge in [-0.25, -0.2) is 0 Å². The van der Waals surface area contributed by atoms with E-state index < -0.39 is 0 Å². The number of hydrogen-bond donors (Lipinski definition) is 1. The van der Waals surface area contributed by atoms with Crippen LogP contribution in [-0.4, -0.2) is 13.2 Å². The molecule has 0 saturated carbocycles. The first kappa shape index (κ1) is 16.9. The topological polar surface area (TPSA) is 30.5 Å². The van der Waals surface area contributed by atoms with Gasteiger partial charge in [-0.05, 0) is 42.3 Å². The van der Waals surface area contributed by atoms with Crippen LogP contribution in [0.15, 0.2) is 78.9 Å². The highest BCUT2D eigenvalue weighted by Crippen LogP contribution is 2.24. The van der Waals surface area contributed by atoms with Crippen LogP contribution in [0, 0.1) is 6.92 Å². The van der Waals surface area contributed by atoms with Crippen molar-refractivity contribution in [1.82, 2.24) is 0 Å². The van der Waals surface area contributed by atoms with Crippen LogP contribution in [0.25, 0.3) is 0 Å². The van der Waals surface area contributed by atoms with E-state index in [9.17, 15) is 0 Å². The summed E-state index contributed by atoms with van der Waals surface area (Å²) < 4.78 is 11.7. The Hall–Kier alpha value is -2.94. The van der Waals surface area contributed by atoms with Gasteiger partial charge in [0, 0.05) is 6.54 Å². The summed E-state index contributed by atoms with van der Waals surface area (Å²) >= 11 is 0. The second kappa shape index (κ2) is 8.78. The van der Waals surface area contributed by atoms with Gasteiger partial charge in [0.2, 0.25) is 0 Å². The highest BCUT2D eigenvalue weighted by molar-refractivity contribution is 5.56. The zero-order valence-corrected chi connectivity index (χ0v) is 14.4. The quantitative estimate of drug-likeness (QED) is 0.584. The van der Waals surface area contributed by atoms with Crippen molar-refractivity contribution in [2.75, 3.05) is 18.5 Å². The third kappa shape index (κ3) is 5.28. The number of para-hydroxylation sites is 2. The average molecular weight is 333 g/mol. The van der Waals surface area contributed by atoms with Crippen molar-refractivity contribution in [3.63, 3.8) is 0 Å². The van der Waals surface area contributed by atoms with E-state index in [0.29, 0.717) is 19.8 Å². The molecule has 0 bridgehead atoms. The molecule has 0 heterocycles. The predicted molar refractivity (Wildman–Crippen MR) is 102 cm³/mol. The van der Waals surface area contributed by atoms with Crippen LogP contribution in [0.2, 0.25) is 0 Å². The van der Waals surface area contributed by atoms with Crippen molar-refractivity contribution in [2.45, 2.75) is 13.5 Å². The third-order valence-corrected chi connectivity index (χ3v) is 3.80. The van der Waals surface area contributed by atoms with Crippen molar-refractivity contribution >= 4 is 5.69 Å². The van der Waals surface area contributed by atoms with Gasteiger partial charge in [-0.1, -0.05) is 54.6 Å². The SMILES string of the molecule is Cc1cccc(OCCNc2ccccc2OCc2ccccc2)c1. The molecule has 0 fully saturated rings. The van der Waals surface area contributed by atoms with Crippen LogP contribution < -0.4 is 14.8 Å². The second-order valence-corrected chi connectivity index (χ2v) is 5.86. The molecule has 0 radical (unpaired) electrons. The summed E-state index contributed by atoms with van der Waals surface area (Å²) in [6, 6.07) is 26.2. The molecule has 128 valence electrons. The van der Waals surface area contributed by atoms with E-state index in [1.807, 2.05) is 60.7 Å². The fourth-order valence-corrected chi connectivity index (χ4v) is 2.53. The maximum Gasteiger partial charge on any atom is 0.142 e. The molecular weight excluding hydrogens is 310 g/mol. The second-order valence-electron chi connectivity index (χ2n) is 5.86. The molecule has 3 aromatic rings. The lowest BCUT2D eigenvalue weighted by Crippen LogP contribution is -2.12. The molecule has 0 unspecified atom stereocenters. The van der Waals surface area contributed by atoms with E-state index in [1.54, 1.807) is 0 Å². The number of benzene rings is 3. The Labute approximate surface area is 149 Å². The molecule has 0 aromatic heterocycles. The summed E-state index contributed by atoms with van der Waals surface area (Å²) in [5, 5.41) is 3.38. The summed E-state index contributed by atoms with van der Waals surface area (Å²) in [5.74, 6) is 1.75. The summed E-state index contributed by atoms with van der Waals surface area (Å²) in [7, 11) is 0. The van der Waals surface area contributed by atoms with Gasteiger partial charge in [0.15, 0.2) is 0 Å². The molecule has 0 aliphatic carbocycles. The standard InChI is InChI=1S/C22H23NO2/c1-18-8-7-11-20(16-18)24-15-14-23-21-12-5-6-13-22(21)25-17-19-9-3-2-4-10-19/h2-13,16,23H,14-15,17H2,1H3. The maximum absolute atomic E-state index is 5.95. The molecule has 3 nitrogen and oxygen atoms in total. The van der Waals surface area contributed by atoms with Gasteiger partial charge < -0.3 is 14.8 Å². The Morgan fingerprint density at radius 2 is 1.60 bits per heavy atom. The van der Waals surface area contributed by atoms with Crippen LogP contribution in [0.4, 0.5) is 5.69 Å². The summed E-state index contributed by atoms with van der Waals surface area (Å²) in [6.45, 7) is 3.92. The van der Waals surface area contributed by atoms with E-state index in [2.05, 4.69) is 30.4 Å². The number of anilines is 1. The summed E-state index contributed by atoms with van der Waals surface area (Å²) in [6.07, 6.45) is 0. The Kier molecular flexibility index (Phi) is 5.94. The fraction of sp³-hybridized carbons (Fsp3) is 0.182. The number of aryl methyl sites for hydroxylation is 1. The van der Waals surface area contributed by atoms with Crippen molar-refractivity contribution in [1.29, 1.82) is 0 Å². The van der Waals surface area contributed by atoms with Gasteiger partial charge in [-0.3, -0.25) is 0 Å². The zero-order chi connectivity index (χ0) is 17.3. The molecule has 25 heavy (non-hydrogen) atoms.